The van der Waals surface area contributed by atoms with Crippen molar-refractivity contribution in [1.82, 2.24) is 5.43 Å². The lowest BCUT2D eigenvalue weighted by Crippen LogP contribution is -2.29. The van der Waals surface area contributed by atoms with Crippen LogP contribution < -0.4 is 11.3 Å². The number of hydrogen-bond donors (Lipinski definition) is 2. The van der Waals surface area contributed by atoms with E-state index in [9.17, 15) is 9.18 Å². The molecule has 5 nitrogen and oxygen atoms in total. The van der Waals surface area contributed by atoms with Crippen molar-refractivity contribution >= 4 is 5.91 Å². The van der Waals surface area contributed by atoms with E-state index in [0.29, 0.717) is 11.3 Å². The molecule has 0 aliphatic rings. The van der Waals surface area contributed by atoms with Gasteiger partial charge >= 0.3 is 5.91 Å². The first kappa shape index (κ1) is 14.2. The van der Waals surface area contributed by atoms with Crippen LogP contribution in [0.1, 0.15) is 27.4 Å². The third-order valence-corrected chi connectivity index (χ3v) is 2.85. The van der Waals surface area contributed by atoms with E-state index in [1.54, 1.807) is 31.2 Å². The predicted molar refractivity (Wildman–Crippen MR) is 70.0 cm³/mol. The molecule has 1 heterocycles. The van der Waals surface area contributed by atoms with Crippen molar-refractivity contribution in [3.05, 3.63) is 58.8 Å². The number of furan rings is 1. The summed E-state index contributed by atoms with van der Waals surface area (Å²) in [6, 6.07) is 7.96. The number of rotatable bonds is 5. The minimum atomic E-state index is -0.506. The van der Waals surface area contributed by atoms with Crippen LogP contribution in [-0.4, -0.2) is 5.91 Å². The number of amides is 1. The molecular weight excluding hydrogens is 263 g/mol. The molecule has 106 valence electrons. The topological polar surface area (TPSA) is 77.5 Å². The van der Waals surface area contributed by atoms with Crippen molar-refractivity contribution in [3.8, 4) is 0 Å². The summed E-state index contributed by atoms with van der Waals surface area (Å²) in [4.78, 5) is 11.3. The van der Waals surface area contributed by atoms with Gasteiger partial charge in [0, 0.05) is 11.1 Å². The zero-order valence-electron chi connectivity index (χ0n) is 11.0. The normalized spacial score (nSPS) is 10.6. The van der Waals surface area contributed by atoms with Gasteiger partial charge in [0.1, 0.15) is 11.6 Å². The molecule has 0 saturated heterocycles. The van der Waals surface area contributed by atoms with Gasteiger partial charge in [0.05, 0.1) is 13.2 Å². The van der Waals surface area contributed by atoms with E-state index in [4.69, 9.17) is 15.0 Å². The molecule has 1 aromatic carbocycles. The van der Waals surface area contributed by atoms with Crippen molar-refractivity contribution in [1.29, 1.82) is 0 Å². The second-order valence-corrected chi connectivity index (χ2v) is 4.25. The first-order chi connectivity index (χ1) is 9.61. The van der Waals surface area contributed by atoms with Crippen LogP contribution in [0.15, 0.2) is 34.7 Å². The number of nitrogen functional groups attached to an aromatic ring is 1. The molecule has 0 aliphatic heterocycles. The van der Waals surface area contributed by atoms with Gasteiger partial charge in [-0.15, -0.1) is 0 Å². The van der Waals surface area contributed by atoms with Crippen molar-refractivity contribution in [2.24, 2.45) is 5.84 Å². The van der Waals surface area contributed by atoms with Crippen LogP contribution in [0.3, 0.4) is 0 Å². The summed E-state index contributed by atoms with van der Waals surface area (Å²) >= 11 is 0. The Morgan fingerprint density at radius 3 is 2.75 bits per heavy atom. The summed E-state index contributed by atoms with van der Waals surface area (Å²) in [5.41, 5.74) is 3.19. The van der Waals surface area contributed by atoms with E-state index in [0.717, 1.165) is 5.56 Å². The maximum atomic E-state index is 13.4. The molecule has 0 radical (unpaired) electrons. The van der Waals surface area contributed by atoms with E-state index in [1.807, 2.05) is 5.43 Å². The predicted octanol–water partition coefficient (Wildman–Crippen LogP) is 2.05. The van der Waals surface area contributed by atoms with Gasteiger partial charge in [-0.05, 0) is 19.1 Å². The highest BCUT2D eigenvalue weighted by molar-refractivity contribution is 5.91. The highest BCUT2D eigenvalue weighted by Crippen LogP contribution is 2.17. The lowest BCUT2D eigenvalue weighted by atomic mass is 10.2. The fraction of sp³-hybridized carbons (Fsp3) is 0.214. The van der Waals surface area contributed by atoms with E-state index in [-0.39, 0.29) is 24.8 Å². The van der Waals surface area contributed by atoms with E-state index in [2.05, 4.69) is 0 Å². The van der Waals surface area contributed by atoms with Crippen molar-refractivity contribution in [2.45, 2.75) is 20.1 Å². The number of halogens is 1. The molecule has 0 aliphatic carbocycles. The largest absolute Gasteiger partial charge is 0.456 e. The highest BCUT2D eigenvalue weighted by atomic mass is 19.1. The van der Waals surface area contributed by atoms with Crippen LogP contribution in [0.5, 0.6) is 0 Å². The van der Waals surface area contributed by atoms with Crippen LogP contribution in [0.25, 0.3) is 0 Å². The Balaban J connectivity index is 1.96. The molecule has 2 aromatic rings. The zero-order chi connectivity index (χ0) is 14.5. The second-order valence-electron chi connectivity index (χ2n) is 4.25. The van der Waals surface area contributed by atoms with Crippen LogP contribution in [-0.2, 0) is 18.0 Å². The lowest BCUT2D eigenvalue weighted by Gasteiger charge is -2.04. The van der Waals surface area contributed by atoms with Gasteiger partial charge in [-0.25, -0.2) is 10.2 Å². The summed E-state index contributed by atoms with van der Waals surface area (Å²) in [7, 11) is 0. The third-order valence-electron chi connectivity index (χ3n) is 2.85. The summed E-state index contributed by atoms with van der Waals surface area (Å²) in [6.45, 7) is 2.09. The third kappa shape index (κ3) is 3.23. The number of ether oxygens (including phenoxy) is 1. The van der Waals surface area contributed by atoms with Gasteiger partial charge in [0.15, 0.2) is 5.76 Å². The summed E-state index contributed by atoms with van der Waals surface area (Å²) < 4.78 is 24.1. The Bertz CT molecular complexity index is 610. The number of hydrazine groups is 1. The Morgan fingerprint density at radius 1 is 1.35 bits per heavy atom. The Labute approximate surface area is 115 Å². The number of nitrogens with one attached hydrogen (secondary N) is 1. The summed E-state index contributed by atoms with van der Waals surface area (Å²) in [5, 5.41) is 0. The van der Waals surface area contributed by atoms with E-state index < -0.39 is 5.91 Å². The minimum Gasteiger partial charge on any atom is -0.456 e. The number of hydrogen-bond acceptors (Lipinski definition) is 4. The fourth-order valence-corrected chi connectivity index (χ4v) is 1.73. The first-order valence-electron chi connectivity index (χ1n) is 6.03. The first-order valence-corrected chi connectivity index (χ1v) is 6.03. The molecule has 1 aromatic heterocycles. The molecule has 1 amide bonds. The van der Waals surface area contributed by atoms with Gasteiger partial charge in [0.25, 0.3) is 0 Å². The molecular formula is C14H15FN2O3. The standard InChI is InChI=1S/C14H15FN2O3/c1-9-11(6-13(20-9)14(18)17-16)8-19-7-10-4-2-3-5-12(10)15/h2-6H,7-8,16H2,1H3,(H,17,18). The number of nitrogens with two attached hydrogens (primary N) is 1. The molecule has 0 atom stereocenters. The summed E-state index contributed by atoms with van der Waals surface area (Å²) in [6.07, 6.45) is 0. The Morgan fingerprint density at radius 2 is 2.05 bits per heavy atom. The van der Waals surface area contributed by atoms with Gasteiger partial charge in [0.2, 0.25) is 0 Å². The maximum Gasteiger partial charge on any atom is 0.300 e. The molecule has 2 rings (SSSR count). The molecule has 0 saturated carbocycles. The van der Waals surface area contributed by atoms with Crippen LogP contribution in [0.2, 0.25) is 0 Å². The fourth-order valence-electron chi connectivity index (χ4n) is 1.73. The maximum absolute atomic E-state index is 13.4. The van der Waals surface area contributed by atoms with Crippen LogP contribution in [0, 0.1) is 12.7 Å². The Hall–Kier alpha value is -2.18. The number of benzene rings is 1. The Kier molecular flexibility index (Phi) is 4.49. The molecule has 0 fully saturated rings. The summed E-state index contributed by atoms with van der Waals surface area (Å²) in [5.74, 6) is 4.90. The number of carbonyl (C=O) groups is 1. The quantitative estimate of drug-likeness (QED) is 0.498. The van der Waals surface area contributed by atoms with Crippen molar-refractivity contribution < 1.29 is 18.3 Å². The van der Waals surface area contributed by atoms with E-state index in [1.165, 1.54) is 6.07 Å². The molecule has 6 heteroatoms. The lowest BCUT2D eigenvalue weighted by molar-refractivity contribution is 0.0924. The highest BCUT2D eigenvalue weighted by Gasteiger charge is 2.13. The smallest absolute Gasteiger partial charge is 0.300 e. The minimum absolute atomic E-state index is 0.120. The molecule has 20 heavy (non-hydrogen) atoms. The average molecular weight is 278 g/mol. The monoisotopic (exact) mass is 278 g/mol. The van der Waals surface area contributed by atoms with Gasteiger partial charge < -0.3 is 9.15 Å². The van der Waals surface area contributed by atoms with Gasteiger partial charge in [-0.1, -0.05) is 18.2 Å². The molecule has 0 spiro atoms. The van der Waals surface area contributed by atoms with E-state index >= 15 is 0 Å². The van der Waals surface area contributed by atoms with Crippen LogP contribution >= 0.6 is 0 Å². The van der Waals surface area contributed by atoms with Gasteiger partial charge in [-0.3, -0.25) is 10.2 Å². The number of aryl methyl sites for hydroxylation is 1. The molecule has 3 N–H and O–H groups in total. The van der Waals surface area contributed by atoms with Crippen LogP contribution in [0.4, 0.5) is 4.39 Å². The molecule has 0 bridgehead atoms. The SMILES string of the molecule is Cc1oc(C(=O)NN)cc1COCc1ccccc1F. The average Bonchev–Trinajstić information content (AvgIpc) is 2.81. The molecule has 0 unspecified atom stereocenters. The second kappa shape index (κ2) is 6.31. The van der Waals surface area contributed by atoms with Crippen molar-refractivity contribution in [3.63, 3.8) is 0 Å². The zero-order valence-corrected chi connectivity index (χ0v) is 11.0. The van der Waals surface area contributed by atoms with Gasteiger partial charge in [-0.2, -0.15) is 0 Å². The number of carbonyl (C=O) groups excluding carboxylic acids is 1. The van der Waals surface area contributed by atoms with Crippen molar-refractivity contribution in [2.75, 3.05) is 0 Å².